The summed E-state index contributed by atoms with van der Waals surface area (Å²) in [5, 5.41) is 8.72. The monoisotopic (exact) mass is 425 g/mol. The fourth-order valence-corrected chi connectivity index (χ4v) is 4.93. The highest BCUT2D eigenvalue weighted by molar-refractivity contribution is 6.28. The lowest BCUT2D eigenvalue weighted by atomic mass is 9.86. The molecule has 6 nitrogen and oxygen atoms in total. The molecule has 1 aliphatic heterocycles. The van der Waals surface area contributed by atoms with Crippen molar-refractivity contribution in [2.75, 3.05) is 23.3 Å². The van der Waals surface area contributed by atoms with Crippen LogP contribution in [0.3, 0.4) is 0 Å². The van der Waals surface area contributed by atoms with Gasteiger partial charge in [-0.1, -0.05) is 47.6 Å². The van der Waals surface area contributed by atoms with E-state index in [0.717, 1.165) is 46.6 Å². The number of hydrogen-bond donors (Lipinski definition) is 1. The molecule has 1 aliphatic carbocycles. The maximum absolute atomic E-state index is 13.7. The van der Waals surface area contributed by atoms with E-state index in [4.69, 9.17) is 9.26 Å². The average Bonchev–Trinajstić information content (AvgIpc) is 3.23. The molecule has 3 aromatic carbocycles. The van der Waals surface area contributed by atoms with Gasteiger partial charge in [0.25, 0.3) is 0 Å². The number of rotatable bonds is 3. The predicted molar refractivity (Wildman–Crippen MR) is 125 cm³/mol. The SMILES string of the molecule is C[C@@H]1CN(c2cc(Nc3ccccc3)c3c4c(onc24)-c2ccccc2C3=O)C[C@H](C)O1. The van der Waals surface area contributed by atoms with Gasteiger partial charge in [-0.2, -0.15) is 0 Å². The summed E-state index contributed by atoms with van der Waals surface area (Å²) in [4.78, 5) is 15.9. The topological polar surface area (TPSA) is 67.6 Å². The molecular weight excluding hydrogens is 402 g/mol. The van der Waals surface area contributed by atoms with Crippen molar-refractivity contribution in [1.82, 2.24) is 5.16 Å². The molecule has 1 fully saturated rings. The summed E-state index contributed by atoms with van der Waals surface area (Å²) in [7, 11) is 0. The summed E-state index contributed by atoms with van der Waals surface area (Å²) in [6.07, 6.45) is 0.196. The van der Waals surface area contributed by atoms with Crippen LogP contribution in [0.1, 0.15) is 29.8 Å². The molecule has 4 aromatic rings. The summed E-state index contributed by atoms with van der Waals surface area (Å²) in [6, 6.07) is 19.5. The largest absolute Gasteiger partial charge is 0.372 e. The molecule has 0 unspecified atom stereocenters. The van der Waals surface area contributed by atoms with Crippen LogP contribution in [0.15, 0.2) is 65.2 Å². The molecule has 6 rings (SSSR count). The first-order chi connectivity index (χ1) is 15.6. The maximum Gasteiger partial charge on any atom is 0.196 e. The number of nitrogens with one attached hydrogen (secondary N) is 1. The van der Waals surface area contributed by atoms with Crippen LogP contribution >= 0.6 is 0 Å². The van der Waals surface area contributed by atoms with Crippen molar-refractivity contribution >= 4 is 33.7 Å². The number of ether oxygens (including phenoxy) is 1. The number of anilines is 3. The Labute approximate surface area is 185 Å². The van der Waals surface area contributed by atoms with Gasteiger partial charge in [0.1, 0.15) is 5.52 Å². The van der Waals surface area contributed by atoms with Gasteiger partial charge < -0.3 is 19.5 Å². The highest BCUT2D eigenvalue weighted by atomic mass is 16.5. The van der Waals surface area contributed by atoms with Gasteiger partial charge in [0.05, 0.1) is 34.5 Å². The molecule has 0 amide bonds. The normalized spacial score (nSPS) is 19.8. The van der Waals surface area contributed by atoms with E-state index >= 15 is 0 Å². The number of carbonyl (C=O) groups is 1. The third-order valence-corrected chi connectivity index (χ3v) is 6.19. The molecule has 0 bridgehead atoms. The Morgan fingerprint density at radius 2 is 1.66 bits per heavy atom. The quantitative estimate of drug-likeness (QED) is 0.418. The van der Waals surface area contributed by atoms with Gasteiger partial charge in [-0.3, -0.25) is 4.79 Å². The molecule has 0 saturated carbocycles. The third kappa shape index (κ3) is 2.91. The number of para-hydroxylation sites is 1. The van der Waals surface area contributed by atoms with E-state index in [9.17, 15) is 4.79 Å². The number of ketones is 1. The maximum atomic E-state index is 13.7. The van der Waals surface area contributed by atoms with Crippen molar-refractivity contribution < 1.29 is 14.1 Å². The van der Waals surface area contributed by atoms with Crippen LogP contribution in [0.4, 0.5) is 17.1 Å². The molecule has 1 N–H and O–H groups in total. The summed E-state index contributed by atoms with van der Waals surface area (Å²) in [5.74, 6) is 0.632. The van der Waals surface area contributed by atoms with E-state index < -0.39 is 0 Å². The number of hydrogen-bond acceptors (Lipinski definition) is 6. The van der Waals surface area contributed by atoms with Crippen molar-refractivity contribution in [3.63, 3.8) is 0 Å². The van der Waals surface area contributed by atoms with Crippen LogP contribution in [0.25, 0.3) is 22.2 Å². The van der Waals surface area contributed by atoms with E-state index in [1.807, 2.05) is 60.7 Å². The van der Waals surface area contributed by atoms with Crippen LogP contribution in [-0.4, -0.2) is 36.2 Å². The highest BCUT2D eigenvalue weighted by Gasteiger charge is 2.34. The molecule has 160 valence electrons. The van der Waals surface area contributed by atoms with Gasteiger partial charge in [0, 0.05) is 29.9 Å². The number of benzene rings is 3. The van der Waals surface area contributed by atoms with E-state index in [0.29, 0.717) is 16.9 Å². The van der Waals surface area contributed by atoms with Gasteiger partial charge >= 0.3 is 0 Å². The van der Waals surface area contributed by atoms with Gasteiger partial charge in [0.2, 0.25) is 0 Å². The molecule has 2 aliphatic rings. The summed E-state index contributed by atoms with van der Waals surface area (Å²) < 4.78 is 11.8. The Hall–Kier alpha value is -3.64. The van der Waals surface area contributed by atoms with E-state index in [1.54, 1.807) is 0 Å². The lowest BCUT2D eigenvalue weighted by Crippen LogP contribution is -2.45. The highest BCUT2D eigenvalue weighted by Crippen LogP contribution is 2.46. The second-order valence-electron chi connectivity index (χ2n) is 8.58. The Morgan fingerprint density at radius 3 is 2.41 bits per heavy atom. The van der Waals surface area contributed by atoms with Crippen molar-refractivity contribution in [2.24, 2.45) is 0 Å². The Bertz CT molecular complexity index is 1340. The lowest BCUT2D eigenvalue weighted by molar-refractivity contribution is -0.00515. The van der Waals surface area contributed by atoms with E-state index in [2.05, 4.69) is 29.2 Å². The molecule has 1 saturated heterocycles. The standard InChI is InChI=1S/C26H23N3O3/c1-15-13-29(14-16(2)31-15)21-12-20(27-17-8-4-3-5-9-17)22-23-24(21)28-32-26(23)19-11-7-6-10-18(19)25(22)30/h3-12,15-16,27H,13-14H2,1-2H3/t15-,16+. The zero-order valence-electron chi connectivity index (χ0n) is 18.0. The minimum Gasteiger partial charge on any atom is -0.372 e. The second kappa shape index (κ2) is 7.21. The fourth-order valence-electron chi connectivity index (χ4n) is 4.93. The average molecular weight is 425 g/mol. The Balaban J connectivity index is 1.61. The van der Waals surface area contributed by atoms with Gasteiger partial charge in [0.15, 0.2) is 11.5 Å². The fraction of sp³-hybridized carbons (Fsp3) is 0.231. The molecule has 32 heavy (non-hydrogen) atoms. The molecule has 2 atom stereocenters. The van der Waals surface area contributed by atoms with Crippen LogP contribution in [-0.2, 0) is 4.74 Å². The number of aromatic nitrogens is 1. The molecule has 0 radical (unpaired) electrons. The third-order valence-electron chi connectivity index (χ3n) is 6.19. The predicted octanol–water partition coefficient (Wildman–Crippen LogP) is 5.40. The van der Waals surface area contributed by atoms with E-state index in [1.165, 1.54) is 0 Å². The molecule has 1 aromatic heterocycles. The minimum absolute atomic E-state index is 0.0185. The summed E-state index contributed by atoms with van der Waals surface area (Å²) in [6.45, 7) is 5.65. The summed E-state index contributed by atoms with van der Waals surface area (Å²) >= 11 is 0. The molecule has 6 heteroatoms. The van der Waals surface area contributed by atoms with Crippen molar-refractivity contribution in [2.45, 2.75) is 26.1 Å². The van der Waals surface area contributed by atoms with Crippen LogP contribution in [0.5, 0.6) is 0 Å². The second-order valence-corrected chi connectivity index (χ2v) is 8.58. The number of carbonyl (C=O) groups excluding carboxylic acids is 1. The van der Waals surface area contributed by atoms with Gasteiger partial charge in [-0.25, -0.2) is 0 Å². The first-order valence-corrected chi connectivity index (χ1v) is 10.9. The Kier molecular flexibility index (Phi) is 4.30. The smallest absolute Gasteiger partial charge is 0.196 e. The summed E-state index contributed by atoms with van der Waals surface area (Å²) in [5.41, 5.74) is 5.38. The van der Waals surface area contributed by atoms with Crippen LogP contribution in [0, 0.1) is 0 Å². The van der Waals surface area contributed by atoms with Crippen molar-refractivity contribution in [3.05, 3.63) is 71.8 Å². The first kappa shape index (κ1) is 19.1. The molecular formula is C26H23N3O3. The Morgan fingerprint density at radius 1 is 0.969 bits per heavy atom. The zero-order valence-corrected chi connectivity index (χ0v) is 18.0. The number of nitrogens with zero attached hydrogens (tertiary/aromatic N) is 2. The van der Waals surface area contributed by atoms with Crippen LogP contribution in [0.2, 0.25) is 0 Å². The van der Waals surface area contributed by atoms with Gasteiger partial charge in [-0.05, 0) is 32.0 Å². The number of morpholine rings is 1. The van der Waals surface area contributed by atoms with Crippen molar-refractivity contribution in [3.8, 4) is 11.3 Å². The van der Waals surface area contributed by atoms with Crippen LogP contribution < -0.4 is 10.2 Å². The van der Waals surface area contributed by atoms with E-state index in [-0.39, 0.29) is 18.0 Å². The lowest BCUT2D eigenvalue weighted by Gasteiger charge is -2.37. The first-order valence-electron chi connectivity index (χ1n) is 10.9. The van der Waals surface area contributed by atoms with Gasteiger partial charge in [-0.15, -0.1) is 0 Å². The molecule has 0 spiro atoms. The minimum atomic E-state index is -0.0185. The zero-order chi connectivity index (χ0) is 21.8. The van der Waals surface area contributed by atoms with Crippen molar-refractivity contribution in [1.29, 1.82) is 0 Å². The molecule has 2 heterocycles. The number of fused-ring (bicyclic) bond motifs is 2.